The first-order chi connectivity index (χ1) is 16.5. The lowest BCUT2D eigenvalue weighted by atomic mass is 10.2. The number of anilines is 1. The predicted molar refractivity (Wildman–Crippen MR) is 131 cm³/mol. The Balaban J connectivity index is 1.35. The monoisotopic (exact) mass is 459 g/mol. The molecule has 0 aliphatic rings. The largest absolute Gasteiger partial charge is 0.508 e. The molecule has 0 saturated carbocycles. The van der Waals surface area contributed by atoms with Gasteiger partial charge in [-0.3, -0.25) is 9.59 Å². The zero-order valence-electron chi connectivity index (χ0n) is 18.3. The van der Waals surface area contributed by atoms with Crippen molar-refractivity contribution in [2.45, 2.75) is 12.8 Å². The molecule has 2 amide bonds. The molecule has 0 fully saturated rings. The Hall–Kier alpha value is -4.66. The molecule has 0 bridgehead atoms. The van der Waals surface area contributed by atoms with Crippen LogP contribution in [0.4, 0.5) is 5.69 Å². The molecule has 0 aliphatic heterocycles. The minimum atomic E-state index is -0.356. The fourth-order valence-corrected chi connectivity index (χ4v) is 2.90. The topological polar surface area (TPSA) is 135 Å². The molecule has 174 valence electrons. The summed E-state index contributed by atoms with van der Waals surface area (Å²) in [6, 6.07) is 20.0. The van der Waals surface area contributed by atoms with Gasteiger partial charge in [-0.25, -0.2) is 10.9 Å². The molecule has 3 aromatic carbocycles. The van der Waals surface area contributed by atoms with Gasteiger partial charge in [0.05, 0.1) is 12.4 Å². The number of hydrogen-bond acceptors (Lipinski definition) is 7. The number of hydrogen-bond donors (Lipinski definition) is 5. The van der Waals surface area contributed by atoms with E-state index in [1.165, 1.54) is 18.5 Å². The molecule has 5 N–H and O–H groups in total. The highest BCUT2D eigenvalue weighted by atomic mass is 16.3. The molecule has 0 aromatic heterocycles. The van der Waals surface area contributed by atoms with Crippen LogP contribution in [-0.4, -0.2) is 41.0 Å². The number of aromatic hydroxyl groups is 2. The fraction of sp³-hybridized carbons (Fsp3) is 0.120. The van der Waals surface area contributed by atoms with E-state index in [9.17, 15) is 19.8 Å². The first kappa shape index (κ1) is 24.0. The van der Waals surface area contributed by atoms with Crippen LogP contribution in [0.1, 0.15) is 34.3 Å². The number of benzene rings is 3. The standard InChI is InChI=1S/C25H25N5O4/c31-22-6-1-4-18(14-22)16-27-29-24(33)8-3-13-26-21-11-9-20(10-12-21)25(34)30-28-17-19-5-2-7-23(32)15-19/h1-2,4-7,9-12,14-17,26,31-32H,3,8,13H2,(H,29,33)(H,30,34)/b27-16+,28-17+. The highest BCUT2D eigenvalue weighted by Crippen LogP contribution is 2.11. The van der Waals surface area contributed by atoms with Crippen molar-refractivity contribution < 1.29 is 19.8 Å². The van der Waals surface area contributed by atoms with Gasteiger partial charge in [0.1, 0.15) is 11.5 Å². The van der Waals surface area contributed by atoms with Crippen molar-refractivity contribution >= 4 is 29.9 Å². The third-order valence-corrected chi connectivity index (χ3v) is 4.58. The predicted octanol–water partition coefficient (Wildman–Crippen LogP) is 3.20. The van der Waals surface area contributed by atoms with Crippen molar-refractivity contribution in [3.8, 4) is 11.5 Å². The summed E-state index contributed by atoms with van der Waals surface area (Å²) >= 11 is 0. The maximum Gasteiger partial charge on any atom is 0.271 e. The van der Waals surface area contributed by atoms with E-state index in [4.69, 9.17) is 0 Å². The third kappa shape index (κ3) is 8.12. The summed E-state index contributed by atoms with van der Waals surface area (Å²) in [5, 5.41) is 29.8. The summed E-state index contributed by atoms with van der Waals surface area (Å²) in [6.07, 6.45) is 3.80. The second-order valence-electron chi connectivity index (χ2n) is 7.29. The molecular weight excluding hydrogens is 434 g/mol. The Labute approximate surface area is 196 Å². The summed E-state index contributed by atoms with van der Waals surface area (Å²) in [4.78, 5) is 24.0. The van der Waals surface area contributed by atoms with Gasteiger partial charge in [0, 0.05) is 24.2 Å². The molecule has 0 unspecified atom stereocenters. The molecule has 0 saturated heterocycles. The van der Waals surface area contributed by atoms with Crippen LogP contribution < -0.4 is 16.2 Å². The molecule has 34 heavy (non-hydrogen) atoms. The van der Waals surface area contributed by atoms with E-state index in [0.29, 0.717) is 36.1 Å². The van der Waals surface area contributed by atoms with Gasteiger partial charge in [-0.15, -0.1) is 0 Å². The molecule has 0 atom stereocenters. The first-order valence-electron chi connectivity index (χ1n) is 10.6. The van der Waals surface area contributed by atoms with E-state index < -0.39 is 0 Å². The zero-order chi connectivity index (χ0) is 24.2. The Morgan fingerprint density at radius 2 is 1.38 bits per heavy atom. The minimum absolute atomic E-state index is 0.123. The maximum atomic E-state index is 12.2. The lowest BCUT2D eigenvalue weighted by molar-refractivity contribution is -0.121. The average molecular weight is 460 g/mol. The van der Waals surface area contributed by atoms with Crippen molar-refractivity contribution in [3.63, 3.8) is 0 Å². The maximum absolute atomic E-state index is 12.2. The Morgan fingerprint density at radius 3 is 1.97 bits per heavy atom. The fourth-order valence-electron chi connectivity index (χ4n) is 2.90. The zero-order valence-corrected chi connectivity index (χ0v) is 18.3. The van der Waals surface area contributed by atoms with Gasteiger partial charge in [0.15, 0.2) is 0 Å². The number of nitrogens with zero attached hydrogens (tertiary/aromatic N) is 2. The summed E-state index contributed by atoms with van der Waals surface area (Å²) in [6.45, 7) is 0.573. The molecule has 0 spiro atoms. The molecule has 0 heterocycles. The van der Waals surface area contributed by atoms with Crippen molar-refractivity contribution in [2.75, 3.05) is 11.9 Å². The van der Waals surface area contributed by atoms with Gasteiger partial charge < -0.3 is 15.5 Å². The summed E-state index contributed by atoms with van der Waals surface area (Å²) in [7, 11) is 0. The van der Waals surface area contributed by atoms with Gasteiger partial charge in [-0.2, -0.15) is 10.2 Å². The van der Waals surface area contributed by atoms with Gasteiger partial charge in [-0.1, -0.05) is 24.3 Å². The number of carbonyl (C=O) groups is 2. The summed E-state index contributed by atoms with van der Waals surface area (Å²) in [5.41, 5.74) is 7.51. The number of rotatable bonds is 10. The van der Waals surface area contributed by atoms with Crippen molar-refractivity contribution in [2.24, 2.45) is 10.2 Å². The van der Waals surface area contributed by atoms with Crippen LogP contribution in [0.2, 0.25) is 0 Å². The molecule has 3 aromatic rings. The first-order valence-corrected chi connectivity index (χ1v) is 10.6. The van der Waals surface area contributed by atoms with E-state index in [0.717, 1.165) is 5.69 Å². The van der Waals surface area contributed by atoms with E-state index >= 15 is 0 Å². The lowest BCUT2D eigenvalue weighted by Gasteiger charge is -2.07. The second-order valence-corrected chi connectivity index (χ2v) is 7.29. The van der Waals surface area contributed by atoms with Crippen molar-refractivity contribution in [3.05, 3.63) is 89.5 Å². The summed E-state index contributed by atoms with van der Waals surface area (Å²) in [5.74, 6) is -0.312. The number of phenolic OH excluding ortho intramolecular Hbond substituents is 2. The summed E-state index contributed by atoms with van der Waals surface area (Å²) < 4.78 is 0. The van der Waals surface area contributed by atoms with Gasteiger partial charge >= 0.3 is 0 Å². The van der Waals surface area contributed by atoms with Crippen LogP contribution in [0.25, 0.3) is 0 Å². The van der Waals surface area contributed by atoms with E-state index in [2.05, 4.69) is 26.4 Å². The molecule has 3 rings (SSSR count). The number of phenols is 2. The third-order valence-electron chi connectivity index (χ3n) is 4.58. The Kier molecular flexibility index (Phi) is 8.75. The second kappa shape index (κ2) is 12.4. The minimum Gasteiger partial charge on any atom is -0.508 e. The highest BCUT2D eigenvalue weighted by Gasteiger charge is 2.04. The van der Waals surface area contributed by atoms with Crippen molar-refractivity contribution in [1.82, 2.24) is 10.9 Å². The molecule has 0 radical (unpaired) electrons. The van der Waals surface area contributed by atoms with Crippen molar-refractivity contribution in [1.29, 1.82) is 0 Å². The van der Waals surface area contributed by atoms with Crippen LogP contribution in [-0.2, 0) is 4.79 Å². The number of carbonyl (C=O) groups excluding carboxylic acids is 2. The lowest BCUT2D eigenvalue weighted by Crippen LogP contribution is -2.18. The van der Waals surface area contributed by atoms with Gasteiger partial charge in [-0.05, 0) is 66.1 Å². The number of hydrazone groups is 2. The Bertz CT molecular complexity index is 1180. The molecular formula is C25H25N5O4. The van der Waals surface area contributed by atoms with E-state index in [1.54, 1.807) is 66.7 Å². The normalized spacial score (nSPS) is 10.9. The van der Waals surface area contributed by atoms with Crippen LogP contribution in [0.15, 0.2) is 83.0 Å². The number of nitrogens with one attached hydrogen (secondary N) is 3. The average Bonchev–Trinajstić information content (AvgIpc) is 2.82. The Morgan fingerprint density at radius 1 is 0.794 bits per heavy atom. The molecule has 9 heteroatoms. The van der Waals surface area contributed by atoms with Crippen LogP contribution in [0.3, 0.4) is 0 Å². The quantitative estimate of drug-likeness (QED) is 0.180. The number of amides is 2. The van der Waals surface area contributed by atoms with Gasteiger partial charge in [0.2, 0.25) is 5.91 Å². The SMILES string of the molecule is O=C(CCCNc1ccc(C(=O)N/N=C/c2cccc(O)c2)cc1)N/N=C/c1cccc(O)c1. The molecule has 9 nitrogen and oxygen atoms in total. The van der Waals surface area contributed by atoms with E-state index in [-0.39, 0.29) is 23.3 Å². The van der Waals surface area contributed by atoms with Gasteiger partial charge in [0.25, 0.3) is 5.91 Å². The van der Waals surface area contributed by atoms with E-state index in [1.807, 2.05) is 0 Å². The van der Waals surface area contributed by atoms with Crippen LogP contribution in [0.5, 0.6) is 11.5 Å². The van der Waals surface area contributed by atoms with Crippen LogP contribution >= 0.6 is 0 Å². The highest BCUT2D eigenvalue weighted by molar-refractivity contribution is 5.95. The molecule has 0 aliphatic carbocycles. The van der Waals surface area contributed by atoms with Crippen LogP contribution in [0, 0.1) is 0 Å². The smallest absolute Gasteiger partial charge is 0.271 e.